The molecule has 0 aromatic heterocycles. The number of ether oxygens (including phenoxy) is 1. The highest BCUT2D eigenvalue weighted by atomic mass is 19.5. The minimum atomic E-state index is -6.00. The first-order valence-electron chi connectivity index (χ1n) is 4.57. The molecule has 0 saturated heterocycles. The van der Waals surface area contributed by atoms with Crippen LogP contribution in [-0.4, -0.2) is 26.3 Å². The first kappa shape index (κ1) is 12.5. The molecular formula is C9H9BF4NO-. The number of benzene rings is 1. The van der Waals surface area contributed by atoms with Crippen molar-refractivity contribution in [2.75, 3.05) is 13.2 Å². The normalized spacial score (nSPS) is 14.6. The van der Waals surface area contributed by atoms with Crippen molar-refractivity contribution in [1.82, 2.24) is 0 Å². The topological polar surface area (TPSA) is 21.6 Å². The fourth-order valence-electron chi connectivity index (χ4n) is 1.09. The van der Waals surface area contributed by atoms with Crippen molar-refractivity contribution < 1.29 is 22.0 Å². The lowest BCUT2D eigenvalue weighted by molar-refractivity contribution is 0.348. The first-order valence-corrected chi connectivity index (χ1v) is 4.57. The summed E-state index contributed by atoms with van der Waals surface area (Å²) in [7, 11) is -6.00. The summed E-state index contributed by atoms with van der Waals surface area (Å²) in [5.74, 6) is 0.783. The molecule has 0 atom stereocenters. The molecule has 0 fully saturated rings. The van der Waals surface area contributed by atoms with Crippen LogP contribution in [-0.2, 0) is 4.74 Å². The van der Waals surface area contributed by atoms with Crippen LogP contribution in [0.5, 0.6) is 0 Å². The minimum Gasteiger partial charge on any atom is -0.476 e. The van der Waals surface area contributed by atoms with Crippen molar-refractivity contribution in [3.05, 3.63) is 35.9 Å². The van der Waals surface area contributed by atoms with Gasteiger partial charge in [-0.25, -0.2) is 4.99 Å². The predicted molar refractivity (Wildman–Crippen MR) is 54.0 cm³/mol. The molecule has 1 aromatic carbocycles. The van der Waals surface area contributed by atoms with Gasteiger partial charge in [0.05, 0.1) is 6.54 Å². The Bertz CT molecular complexity index is 346. The van der Waals surface area contributed by atoms with Crippen LogP contribution in [0.1, 0.15) is 5.56 Å². The molecule has 0 radical (unpaired) electrons. The van der Waals surface area contributed by atoms with Crippen molar-refractivity contribution in [1.29, 1.82) is 0 Å². The van der Waals surface area contributed by atoms with Gasteiger partial charge in [0.25, 0.3) is 0 Å². The third-order valence-corrected chi connectivity index (χ3v) is 1.61. The van der Waals surface area contributed by atoms with E-state index in [4.69, 9.17) is 4.74 Å². The Morgan fingerprint density at radius 1 is 1.06 bits per heavy atom. The van der Waals surface area contributed by atoms with E-state index < -0.39 is 7.25 Å². The molecule has 16 heavy (non-hydrogen) atoms. The number of halogens is 4. The van der Waals surface area contributed by atoms with E-state index in [-0.39, 0.29) is 0 Å². The molecule has 1 aliphatic heterocycles. The molecule has 0 N–H and O–H groups in total. The van der Waals surface area contributed by atoms with Crippen LogP contribution >= 0.6 is 0 Å². The molecule has 0 aliphatic carbocycles. The van der Waals surface area contributed by atoms with Crippen LogP contribution in [0, 0.1) is 0 Å². The highest BCUT2D eigenvalue weighted by Gasteiger charge is 2.20. The number of hydrogen-bond donors (Lipinski definition) is 0. The third kappa shape index (κ3) is 5.38. The van der Waals surface area contributed by atoms with Crippen LogP contribution in [0.15, 0.2) is 35.3 Å². The van der Waals surface area contributed by atoms with Crippen LogP contribution in [0.25, 0.3) is 0 Å². The summed E-state index contributed by atoms with van der Waals surface area (Å²) in [5, 5.41) is 0. The van der Waals surface area contributed by atoms with Gasteiger partial charge >= 0.3 is 7.25 Å². The summed E-state index contributed by atoms with van der Waals surface area (Å²) in [4.78, 5) is 4.20. The molecule has 0 spiro atoms. The minimum absolute atomic E-state index is 0.726. The lowest BCUT2D eigenvalue weighted by Gasteiger charge is -1.98. The van der Waals surface area contributed by atoms with Gasteiger partial charge in [-0.15, -0.1) is 0 Å². The van der Waals surface area contributed by atoms with E-state index >= 15 is 0 Å². The first-order chi connectivity index (χ1) is 7.47. The van der Waals surface area contributed by atoms with Gasteiger partial charge in [0, 0.05) is 5.56 Å². The predicted octanol–water partition coefficient (Wildman–Crippen LogP) is 2.76. The Balaban J connectivity index is 0.000000221. The second-order valence-electron chi connectivity index (χ2n) is 2.90. The average Bonchev–Trinajstić information content (AvgIpc) is 2.69. The van der Waals surface area contributed by atoms with E-state index in [9.17, 15) is 17.3 Å². The van der Waals surface area contributed by atoms with Crippen LogP contribution in [0.4, 0.5) is 17.3 Å². The molecule has 2 rings (SSSR count). The van der Waals surface area contributed by atoms with Gasteiger partial charge in [0.15, 0.2) is 0 Å². The van der Waals surface area contributed by atoms with Crippen molar-refractivity contribution >= 4 is 13.2 Å². The van der Waals surface area contributed by atoms with Gasteiger partial charge in [-0.2, -0.15) is 0 Å². The van der Waals surface area contributed by atoms with Crippen molar-refractivity contribution in [3.8, 4) is 0 Å². The van der Waals surface area contributed by atoms with Gasteiger partial charge in [0.1, 0.15) is 6.61 Å². The van der Waals surface area contributed by atoms with E-state index in [1.807, 2.05) is 30.3 Å². The highest BCUT2D eigenvalue weighted by Crippen LogP contribution is 2.07. The summed E-state index contributed by atoms with van der Waals surface area (Å²) < 4.78 is 44.3. The number of nitrogens with zero attached hydrogens (tertiary/aromatic N) is 1. The lowest BCUT2D eigenvalue weighted by Crippen LogP contribution is -2.02. The van der Waals surface area contributed by atoms with Crippen molar-refractivity contribution in [3.63, 3.8) is 0 Å². The molecule has 7 heteroatoms. The van der Waals surface area contributed by atoms with Gasteiger partial charge in [0.2, 0.25) is 5.90 Å². The van der Waals surface area contributed by atoms with E-state index in [0.29, 0.717) is 0 Å². The molecular weight excluding hydrogens is 225 g/mol. The summed E-state index contributed by atoms with van der Waals surface area (Å²) in [5.41, 5.74) is 1.07. The molecule has 0 amide bonds. The Hall–Kier alpha value is -1.53. The maximum Gasteiger partial charge on any atom is 0.673 e. The zero-order valence-electron chi connectivity index (χ0n) is 8.25. The second kappa shape index (κ2) is 5.53. The van der Waals surface area contributed by atoms with Gasteiger partial charge in [-0.05, 0) is 12.1 Å². The summed E-state index contributed by atoms with van der Waals surface area (Å²) in [6.07, 6.45) is 0. The largest absolute Gasteiger partial charge is 0.673 e. The summed E-state index contributed by atoms with van der Waals surface area (Å²) >= 11 is 0. The quantitative estimate of drug-likeness (QED) is 0.540. The summed E-state index contributed by atoms with van der Waals surface area (Å²) in [6, 6.07) is 9.96. The fourth-order valence-corrected chi connectivity index (χ4v) is 1.09. The zero-order chi connectivity index (χ0) is 12.0. The number of hydrogen-bond acceptors (Lipinski definition) is 2. The zero-order valence-corrected chi connectivity index (χ0v) is 8.25. The smallest absolute Gasteiger partial charge is 0.476 e. The molecule has 2 nitrogen and oxygen atoms in total. The monoisotopic (exact) mass is 234 g/mol. The molecule has 88 valence electrons. The second-order valence-corrected chi connectivity index (χ2v) is 2.90. The van der Waals surface area contributed by atoms with Gasteiger partial charge < -0.3 is 22.0 Å². The lowest BCUT2D eigenvalue weighted by atomic mass is 10.2. The average molecular weight is 234 g/mol. The molecule has 0 saturated carbocycles. The molecule has 0 unspecified atom stereocenters. The highest BCUT2D eigenvalue weighted by molar-refractivity contribution is 6.50. The molecule has 1 heterocycles. The Labute approximate surface area is 90.1 Å². The SMILES string of the molecule is F[B-](F)(F)F.c1ccc(C2=NCCO2)cc1. The number of aliphatic imine (C=N–C) groups is 1. The van der Waals surface area contributed by atoms with Crippen LogP contribution < -0.4 is 0 Å². The van der Waals surface area contributed by atoms with E-state index in [1.165, 1.54) is 0 Å². The van der Waals surface area contributed by atoms with Gasteiger partial charge in [-0.3, -0.25) is 0 Å². The maximum atomic E-state index is 9.75. The van der Waals surface area contributed by atoms with E-state index in [0.717, 1.165) is 24.6 Å². The van der Waals surface area contributed by atoms with Gasteiger partial charge in [-0.1, -0.05) is 18.2 Å². The Kier molecular flexibility index (Phi) is 4.33. The molecule has 1 aliphatic rings. The van der Waals surface area contributed by atoms with Crippen molar-refractivity contribution in [2.24, 2.45) is 4.99 Å². The fraction of sp³-hybridized carbons (Fsp3) is 0.222. The van der Waals surface area contributed by atoms with E-state index in [1.54, 1.807) is 0 Å². The third-order valence-electron chi connectivity index (χ3n) is 1.61. The maximum absolute atomic E-state index is 9.75. The Morgan fingerprint density at radius 2 is 1.62 bits per heavy atom. The van der Waals surface area contributed by atoms with Crippen LogP contribution in [0.2, 0.25) is 0 Å². The standard InChI is InChI=1S/C9H9NO.BF4/c1-2-4-8(5-3-1)9-10-6-7-11-9;2-1(3,4)5/h1-5H,6-7H2;/q;-1. The van der Waals surface area contributed by atoms with Crippen LogP contribution in [0.3, 0.4) is 0 Å². The summed E-state index contributed by atoms with van der Waals surface area (Å²) in [6.45, 7) is 1.52. The number of rotatable bonds is 1. The Morgan fingerprint density at radius 3 is 2.06 bits per heavy atom. The van der Waals surface area contributed by atoms with Crippen molar-refractivity contribution in [2.45, 2.75) is 0 Å². The molecule has 0 bridgehead atoms. The van der Waals surface area contributed by atoms with E-state index in [2.05, 4.69) is 4.99 Å². The molecule has 1 aromatic rings.